The first-order valence-corrected chi connectivity index (χ1v) is 12.1. The second kappa shape index (κ2) is 10.6. The van der Waals surface area contributed by atoms with Gasteiger partial charge >= 0.3 is 0 Å². The van der Waals surface area contributed by atoms with E-state index in [2.05, 4.69) is 43.1 Å². The van der Waals surface area contributed by atoms with Crippen LogP contribution < -0.4 is 15.0 Å². The van der Waals surface area contributed by atoms with Crippen molar-refractivity contribution in [2.45, 2.75) is 39.2 Å². The van der Waals surface area contributed by atoms with Crippen LogP contribution in [-0.4, -0.2) is 62.7 Å². The average molecular weight is 466 g/mol. The van der Waals surface area contributed by atoms with Gasteiger partial charge in [-0.3, -0.25) is 14.5 Å². The van der Waals surface area contributed by atoms with Crippen LogP contribution in [0.5, 0.6) is 5.75 Å². The highest BCUT2D eigenvalue weighted by Gasteiger charge is 2.28. The lowest BCUT2D eigenvalue weighted by Gasteiger charge is -2.32. The van der Waals surface area contributed by atoms with Crippen LogP contribution in [0.3, 0.4) is 0 Å². The van der Waals surface area contributed by atoms with Crippen LogP contribution in [0.4, 0.5) is 5.69 Å². The van der Waals surface area contributed by atoms with E-state index in [-0.39, 0.29) is 23.8 Å². The van der Waals surface area contributed by atoms with Gasteiger partial charge in [0.05, 0.1) is 25.4 Å². The minimum absolute atomic E-state index is 0.000418. The topological polar surface area (TPSA) is 71.1 Å². The molecule has 0 atom stereocenters. The lowest BCUT2D eigenvalue weighted by atomic mass is 9.82. The van der Waals surface area contributed by atoms with E-state index in [4.69, 9.17) is 9.47 Å². The van der Waals surface area contributed by atoms with E-state index >= 15 is 0 Å². The van der Waals surface area contributed by atoms with Gasteiger partial charge in [-0.1, -0.05) is 39.0 Å². The Morgan fingerprint density at radius 1 is 1.12 bits per heavy atom. The van der Waals surface area contributed by atoms with Crippen LogP contribution in [-0.2, 0) is 21.5 Å². The van der Waals surface area contributed by atoms with E-state index in [1.807, 2.05) is 30.3 Å². The Balaban J connectivity index is 1.46. The van der Waals surface area contributed by atoms with Crippen molar-refractivity contribution in [1.82, 2.24) is 10.2 Å². The van der Waals surface area contributed by atoms with E-state index in [1.54, 1.807) is 4.90 Å². The minimum Gasteiger partial charge on any atom is -0.482 e. The highest BCUT2D eigenvalue weighted by atomic mass is 16.5. The summed E-state index contributed by atoms with van der Waals surface area (Å²) in [6, 6.07) is 13.6. The quantitative estimate of drug-likeness (QED) is 0.647. The molecule has 1 fully saturated rings. The summed E-state index contributed by atoms with van der Waals surface area (Å²) in [4.78, 5) is 29.6. The Kier molecular flexibility index (Phi) is 7.54. The molecule has 2 aliphatic heterocycles. The summed E-state index contributed by atoms with van der Waals surface area (Å²) in [5.74, 6) is 0.530. The molecular weight excluding hydrogens is 430 g/mol. The monoisotopic (exact) mass is 465 g/mol. The molecule has 0 bridgehead atoms. The number of nitrogens with one attached hydrogen (secondary N) is 1. The molecule has 34 heavy (non-hydrogen) atoms. The first kappa shape index (κ1) is 24.2. The van der Waals surface area contributed by atoms with Crippen molar-refractivity contribution in [2.24, 2.45) is 0 Å². The fourth-order valence-corrected chi connectivity index (χ4v) is 4.25. The minimum atomic E-state index is -0.101. The third-order valence-corrected chi connectivity index (χ3v) is 6.91. The van der Waals surface area contributed by atoms with E-state index in [0.29, 0.717) is 24.4 Å². The highest BCUT2D eigenvalue weighted by molar-refractivity contribution is 5.98. The van der Waals surface area contributed by atoms with Crippen molar-refractivity contribution >= 4 is 17.5 Å². The maximum absolute atomic E-state index is 12.8. The molecule has 2 aliphatic rings. The maximum Gasteiger partial charge on any atom is 0.265 e. The molecule has 0 spiro atoms. The zero-order valence-electron chi connectivity index (χ0n) is 20.4. The van der Waals surface area contributed by atoms with Gasteiger partial charge in [0.1, 0.15) is 5.75 Å². The Labute approximate surface area is 202 Å². The van der Waals surface area contributed by atoms with Gasteiger partial charge in [-0.2, -0.15) is 0 Å². The van der Waals surface area contributed by atoms with Gasteiger partial charge < -0.3 is 19.7 Å². The SMILES string of the molecule is CCC(C)(C)c1ccc2c(c1)N(Cc1cccc(C(=O)NCCN3CCOCC3)c1)C(=O)CO2. The van der Waals surface area contributed by atoms with Crippen LogP contribution in [0.1, 0.15) is 48.7 Å². The number of hydrogen-bond donors (Lipinski definition) is 1. The standard InChI is InChI=1S/C27H35N3O4/c1-4-27(2,3)22-8-9-24-23(17-22)30(25(31)19-34-24)18-20-6-5-7-21(16-20)26(32)28-10-11-29-12-14-33-15-13-29/h5-9,16-17H,4,10-15,18-19H2,1-3H3,(H,28,32). The summed E-state index contributed by atoms with van der Waals surface area (Å²) in [6.07, 6.45) is 0.989. The molecule has 0 aromatic heterocycles. The van der Waals surface area contributed by atoms with Gasteiger partial charge in [-0.05, 0) is 47.2 Å². The number of carbonyl (C=O) groups is 2. The van der Waals surface area contributed by atoms with Crippen LogP contribution in [0, 0.1) is 0 Å². The molecule has 2 heterocycles. The third-order valence-electron chi connectivity index (χ3n) is 6.91. The van der Waals surface area contributed by atoms with Gasteiger partial charge in [-0.25, -0.2) is 0 Å². The molecule has 2 aromatic rings. The molecule has 0 aliphatic carbocycles. The van der Waals surface area contributed by atoms with E-state index in [0.717, 1.165) is 50.5 Å². The fraction of sp³-hybridized carbons (Fsp3) is 0.481. The van der Waals surface area contributed by atoms with Crippen LogP contribution >= 0.6 is 0 Å². The third kappa shape index (κ3) is 5.59. The summed E-state index contributed by atoms with van der Waals surface area (Å²) < 4.78 is 11.1. The van der Waals surface area contributed by atoms with Gasteiger partial charge in [0.25, 0.3) is 11.8 Å². The molecule has 1 N–H and O–H groups in total. The summed E-state index contributed by atoms with van der Waals surface area (Å²) in [6.45, 7) is 11.7. The smallest absolute Gasteiger partial charge is 0.265 e. The summed E-state index contributed by atoms with van der Waals surface area (Å²) in [7, 11) is 0. The Bertz CT molecular complexity index is 1030. The highest BCUT2D eigenvalue weighted by Crippen LogP contribution is 2.38. The number of anilines is 1. The molecule has 2 aromatic carbocycles. The zero-order valence-corrected chi connectivity index (χ0v) is 20.4. The molecule has 7 heteroatoms. The van der Waals surface area contributed by atoms with E-state index in [1.165, 1.54) is 5.56 Å². The molecule has 0 saturated carbocycles. The van der Waals surface area contributed by atoms with Crippen molar-refractivity contribution in [2.75, 3.05) is 50.9 Å². The molecule has 7 nitrogen and oxygen atoms in total. The van der Waals surface area contributed by atoms with E-state index < -0.39 is 0 Å². The number of morpholine rings is 1. The van der Waals surface area contributed by atoms with Gasteiger partial charge in [-0.15, -0.1) is 0 Å². The van der Waals surface area contributed by atoms with Crippen molar-refractivity contribution in [1.29, 1.82) is 0 Å². The molecule has 0 unspecified atom stereocenters. The van der Waals surface area contributed by atoms with Gasteiger partial charge in [0.15, 0.2) is 6.61 Å². The molecular formula is C27H35N3O4. The Hall–Kier alpha value is -2.90. The number of amides is 2. The van der Waals surface area contributed by atoms with Crippen LogP contribution in [0.2, 0.25) is 0 Å². The number of fused-ring (bicyclic) bond motifs is 1. The summed E-state index contributed by atoms with van der Waals surface area (Å²) in [5, 5.41) is 3.01. The van der Waals surface area contributed by atoms with E-state index in [9.17, 15) is 9.59 Å². The normalized spacial score (nSPS) is 16.7. The Morgan fingerprint density at radius 2 is 1.91 bits per heavy atom. The average Bonchev–Trinajstić information content (AvgIpc) is 2.86. The predicted molar refractivity (Wildman–Crippen MR) is 132 cm³/mol. The largest absolute Gasteiger partial charge is 0.482 e. The fourth-order valence-electron chi connectivity index (χ4n) is 4.25. The first-order valence-electron chi connectivity index (χ1n) is 12.1. The maximum atomic E-state index is 12.8. The van der Waals surface area contributed by atoms with Crippen molar-refractivity contribution in [3.05, 3.63) is 59.2 Å². The second-order valence-corrected chi connectivity index (χ2v) is 9.60. The van der Waals surface area contributed by atoms with Crippen LogP contribution in [0.25, 0.3) is 0 Å². The molecule has 4 rings (SSSR count). The number of ether oxygens (including phenoxy) is 2. The molecule has 1 saturated heterocycles. The van der Waals surface area contributed by atoms with Gasteiger partial charge in [0, 0.05) is 31.7 Å². The number of nitrogens with zero attached hydrogens (tertiary/aromatic N) is 2. The van der Waals surface area contributed by atoms with Crippen molar-refractivity contribution < 1.29 is 19.1 Å². The lowest BCUT2D eigenvalue weighted by Crippen LogP contribution is -2.41. The van der Waals surface area contributed by atoms with Crippen LogP contribution in [0.15, 0.2) is 42.5 Å². The van der Waals surface area contributed by atoms with Gasteiger partial charge in [0.2, 0.25) is 0 Å². The molecule has 0 radical (unpaired) electrons. The zero-order chi connectivity index (χ0) is 24.1. The van der Waals surface area contributed by atoms with Crippen molar-refractivity contribution in [3.8, 4) is 5.75 Å². The van der Waals surface area contributed by atoms with Crippen molar-refractivity contribution in [3.63, 3.8) is 0 Å². The molecule has 2 amide bonds. The Morgan fingerprint density at radius 3 is 2.68 bits per heavy atom. The molecule has 182 valence electrons. The lowest BCUT2D eigenvalue weighted by molar-refractivity contribution is -0.121. The first-order chi connectivity index (χ1) is 16.4. The summed E-state index contributed by atoms with van der Waals surface area (Å²) in [5.41, 5.74) is 3.46. The number of benzene rings is 2. The summed E-state index contributed by atoms with van der Waals surface area (Å²) >= 11 is 0. The number of rotatable bonds is 8. The number of hydrogen-bond acceptors (Lipinski definition) is 5. The number of carbonyl (C=O) groups excluding carboxylic acids is 2. The second-order valence-electron chi connectivity index (χ2n) is 9.60. The predicted octanol–water partition coefficient (Wildman–Crippen LogP) is 3.36.